The van der Waals surface area contributed by atoms with Crippen LogP contribution in [0.15, 0.2) is 59.5 Å². The van der Waals surface area contributed by atoms with Crippen LogP contribution in [0.3, 0.4) is 0 Å². The molecule has 3 unspecified atom stereocenters. The molecule has 3 atom stereocenters. The summed E-state index contributed by atoms with van der Waals surface area (Å²) in [5, 5.41) is 3.68. The van der Waals surface area contributed by atoms with Crippen LogP contribution in [0.1, 0.15) is 42.3 Å². The summed E-state index contributed by atoms with van der Waals surface area (Å²) in [7, 11) is -1.71. The second-order valence-corrected chi connectivity index (χ2v) is 10.0. The maximum atomic E-state index is 13.1. The summed E-state index contributed by atoms with van der Waals surface area (Å²) < 4.78 is 33.3. The predicted molar refractivity (Wildman–Crippen MR) is 114 cm³/mol. The summed E-state index contributed by atoms with van der Waals surface area (Å²) in [6.07, 6.45) is 7.30. The maximum Gasteiger partial charge on any atom is 0.243 e. The lowest BCUT2D eigenvalue weighted by Crippen LogP contribution is -2.31. The highest BCUT2D eigenvalue weighted by molar-refractivity contribution is 7.89. The molecule has 1 saturated heterocycles. The lowest BCUT2D eigenvalue weighted by molar-refractivity contribution is 0.381. The number of nitrogens with one attached hydrogen (secondary N) is 1. The van der Waals surface area contributed by atoms with E-state index in [4.69, 9.17) is 4.74 Å². The molecular formula is C23H26N2O3S. The summed E-state index contributed by atoms with van der Waals surface area (Å²) in [6, 6.07) is 13.8. The zero-order valence-corrected chi connectivity index (χ0v) is 17.4. The third-order valence-corrected chi connectivity index (χ3v) is 8.41. The number of benzene rings is 2. The van der Waals surface area contributed by atoms with Crippen molar-refractivity contribution >= 4 is 15.7 Å². The van der Waals surface area contributed by atoms with Gasteiger partial charge < -0.3 is 10.1 Å². The number of nitrogens with zero attached hydrogens (tertiary/aromatic N) is 1. The number of hydrogen-bond acceptors (Lipinski definition) is 4. The first-order valence-electron chi connectivity index (χ1n) is 10.3. The van der Waals surface area contributed by atoms with Crippen LogP contribution in [-0.2, 0) is 10.0 Å². The molecule has 1 N–H and O–H groups in total. The first-order valence-corrected chi connectivity index (χ1v) is 11.7. The van der Waals surface area contributed by atoms with Gasteiger partial charge in [0.05, 0.1) is 18.0 Å². The molecule has 2 heterocycles. The molecule has 5 nitrogen and oxygen atoms in total. The van der Waals surface area contributed by atoms with E-state index in [-0.39, 0.29) is 12.0 Å². The minimum absolute atomic E-state index is 0.125. The predicted octanol–water partition coefficient (Wildman–Crippen LogP) is 4.31. The van der Waals surface area contributed by atoms with Crippen molar-refractivity contribution in [1.82, 2.24) is 4.31 Å². The zero-order valence-electron chi connectivity index (χ0n) is 16.5. The highest BCUT2D eigenvalue weighted by Gasteiger charge is 2.40. The molecule has 0 spiro atoms. The number of para-hydroxylation sites is 1. The Balaban J connectivity index is 1.55. The molecular weight excluding hydrogens is 384 g/mol. The van der Waals surface area contributed by atoms with E-state index in [0.717, 1.165) is 41.8 Å². The summed E-state index contributed by atoms with van der Waals surface area (Å²) >= 11 is 0. The average molecular weight is 411 g/mol. The summed E-state index contributed by atoms with van der Waals surface area (Å²) in [5.74, 6) is 1.42. The molecule has 3 aliphatic rings. The summed E-state index contributed by atoms with van der Waals surface area (Å²) in [6.45, 7) is 1.25. The first-order chi connectivity index (χ1) is 14.1. The molecule has 0 saturated carbocycles. The topological polar surface area (TPSA) is 58.6 Å². The quantitative estimate of drug-likeness (QED) is 0.764. The second kappa shape index (κ2) is 7.18. The van der Waals surface area contributed by atoms with Crippen LogP contribution < -0.4 is 10.1 Å². The number of rotatable bonds is 4. The molecule has 0 radical (unpaired) electrons. The van der Waals surface area contributed by atoms with Crippen LogP contribution in [0.25, 0.3) is 0 Å². The molecule has 6 heteroatoms. The molecule has 1 aliphatic carbocycles. The van der Waals surface area contributed by atoms with E-state index in [2.05, 4.69) is 23.5 Å². The average Bonchev–Trinajstić information content (AvgIpc) is 3.45. The van der Waals surface area contributed by atoms with Gasteiger partial charge in [0.1, 0.15) is 5.75 Å². The standard InChI is InChI=1S/C23H26N2O3S/c1-28-22-10-3-2-7-19(22)23-18-9-6-8-17(18)20-15-16(11-12-21(20)24-23)29(26,27)25-13-4-5-14-25/h2-3,6-8,10-12,15,17-18,23-24H,4-5,9,13-14H2,1H3. The molecule has 1 fully saturated rings. The number of methoxy groups -OCH3 is 1. The zero-order chi connectivity index (χ0) is 20.0. The number of hydrogen-bond donors (Lipinski definition) is 1. The third kappa shape index (κ3) is 3.06. The van der Waals surface area contributed by atoms with Crippen molar-refractivity contribution in [2.24, 2.45) is 5.92 Å². The SMILES string of the molecule is COc1ccccc1C1Nc2ccc(S(=O)(=O)N3CCCC3)cc2C2C=CCC21. The number of ether oxygens (including phenoxy) is 1. The summed E-state index contributed by atoms with van der Waals surface area (Å²) in [4.78, 5) is 0.412. The van der Waals surface area contributed by atoms with Crippen molar-refractivity contribution in [3.05, 3.63) is 65.7 Å². The Morgan fingerprint density at radius 1 is 1.07 bits per heavy atom. The minimum Gasteiger partial charge on any atom is -0.496 e. The second-order valence-electron chi connectivity index (χ2n) is 8.08. The Bertz CT molecular complexity index is 1060. The van der Waals surface area contributed by atoms with E-state index in [1.807, 2.05) is 30.3 Å². The molecule has 0 bridgehead atoms. The lowest BCUT2D eigenvalue weighted by Gasteiger charge is -2.38. The van der Waals surface area contributed by atoms with E-state index in [1.165, 1.54) is 0 Å². The van der Waals surface area contributed by atoms with E-state index in [9.17, 15) is 8.42 Å². The van der Waals surface area contributed by atoms with Crippen LogP contribution in [0.5, 0.6) is 5.75 Å². The van der Waals surface area contributed by atoms with E-state index >= 15 is 0 Å². The first kappa shape index (κ1) is 18.7. The van der Waals surface area contributed by atoms with E-state index < -0.39 is 10.0 Å². The monoisotopic (exact) mass is 410 g/mol. The van der Waals surface area contributed by atoms with Crippen LogP contribution in [0, 0.1) is 5.92 Å². The molecule has 2 aromatic carbocycles. The molecule has 29 heavy (non-hydrogen) atoms. The van der Waals surface area contributed by atoms with Gasteiger partial charge in [-0.3, -0.25) is 0 Å². The number of anilines is 1. The Morgan fingerprint density at radius 3 is 2.66 bits per heavy atom. The van der Waals surface area contributed by atoms with Gasteiger partial charge in [0.2, 0.25) is 10.0 Å². The molecule has 0 amide bonds. The van der Waals surface area contributed by atoms with Gasteiger partial charge in [-0.15, -0.1) is 0 Å². The maximum absolute atomic E-state index is 13.1. The van der Waals surface area contributed by atoms with Crippen LogP contribution in [0.2, 0.25) is 0 Å². The molecule has 2 aromatic rings. The molecule has 152 valence electrons. The van der Waals surface area contributed by atoms with Gasteiger partial charge in [0.25, 0.3) is 0 Å². The number of sulfonamides is 1. The van der Waals surface area contributed by atoms with Crippen LogP contribution >= 0.6 is 0 Å². The Morgan fingerprint density at radius 2 is 1.86 bits per heavy atom. The molecule has 5 rings (SSSR count). The smallest absolute Gasteiger partial charge is 0.243 e. The van der Waals surface area contributed by atoms with E-state index in [1.54, 1.807) is 17.5 Å². The Kier molecular flexibility index (Phi) is 4.63. The third-order valence-electron chi connectivity index (χ3n) is 6.51. The van der Waals surface area contributed by atoms with Crippen molar-refractivity contribution in [1.29, 1.82) is 0 Å². The normalized spacial score (nSPS) is 26.0. The highest BCUT2D eigenvalue weighted by Crippen LogP contribution is 2.51. The Labute approximate surface area is 172 Å². The lowest BCUT2D eigenvalue weighted by atomic mass is 9.77. The van der Waals surface area contributed by atoms with Gasteiger partial charge in [-0.2, -0.15) is 4.31 Å². The Hall–Kier alpha value is -2.31. The van der Waals surface area contributed by atoms with Crippen molar-refractivity contribution < 1.29 is 13.2 Å². The van der Waals surface area contributed by atoms with Gasteiger partial charge in [-0.05, 0) is 55.0 Å². The number of fused-ring (bicyclic) bond motifs is 3. The minimum atomic E-state index is -3.42. The van der Waals surface area contributed by atoms with Gasteiger partial charge in [0.15, 0.2) is 0 Å². The van der Waals surface area contributed by atoms with Crippen molar-refractivity contribution in [3.63, 3.8) is 0 Å². The fourth-order valence-corrected chi connectivity index (χ4v) is 6.59. The fourth-order valence-electron chi connectivity index (χ4n) is 5.04. The number of allylic oxidation sites excluding steroid dienone is 2. The van der Waals surface area contributed by atoms with Gasteiger partial charge in [0, 0.05) is 30.3 Å². The van der Waals surface area contributed by atoms with E-state index in [0.29, 0.717) is 23.9 Å². The van der Waals surface area contributed by atoms with Crippen molar-refractivity contribution in [2.75, 3.05) is 25.5 Å². The van der Waals surface area contributed by atoms with Crippen molar-refractivity contribution in [2.45, 2.75) is 36.1 Å². The van der Waals surface area contributed by atoms with Gasteiger partial charge in [-0.1, -0.05) is 30.4 Å². The fraction of sp³-hybridized carbons (Fsp3) is 0.391. The van der Waals surface area contributed by atoms with Gasteiger partial charge >= 0.3 is 0 Å². The largest absolute Gasteiger partial charge is 0.496 e. The van der Waals surface area contributed by atoms with Gasteiger partial charge in [-0.25, -0.2) is 8.42 Å². The molecule has 0 aromatic heterocycles. The summed E-state index contributed by atoms with van der Waals surface area (Å²) in [5.41, 5.74) is 3.23. The van der Waals surface area contributed by atoms with Crippen LogP contribution in [0.4, 0.5) is 5.69 Å². The molecule has 2 aliphatic heterocycles. The highest BCUT2D eigenvalue weighted by atomic mass is 32.2. The van der Waals surface area contributed by atoms with Crippen molar-refractivity contribution in [3.8, 4) is 5.75 Å². The van der Waals surface area contributed by atoms with Crippen LogP contribution in [-0.4, -0.2) is 32.9 Å².